The summed E-state index contributed by atoms with van der Waals surface area (Å²) in [5, 5.41) is 0. The Balaban J connectivity index is 2.90. The maximum absolute atomic E-state index is 10.7. The van der Waals surface area contributed by atoms with Gasteiger partial charge in [-0.25, -0.2) is 4.79 Å². The van der Waals surface area contributed by atoms with Gasteiger partial charge in [0.1, 0.15) is 4.48 Å². The van der Waals surface area contributed by atoms with Gasteiger partial charge in [0, 0.05) is 0 Å². The van der Waals surface area contributed by atoms with E-state index in [0.29, 0.717) is 10.2 Å². The van der Waals surface area contributed by atoms with Crippen molar-refractivity contribution in [2.45, 2.75) is 13.0 Å². The molecule has 0 fully saturated rings. The van der Waals surface area contributed by atoms with E-state index in [1.165, 1.54) is 7.11 Å². The molecule has 0 aromatic carbocycles. The van der Waals surface area contributed by atoms with Gasteiger partial charge in [0.25, 0.3) is 0 Å². The minimum absolute atomic E-state index is 0.258. The summed E-state index contributed by atoms with van der Waals surface area (Å²) in [4.78, 5) is 10.7. The van der Waals surface area contributed by atoms with Crippen LogP contribution in [0.25, 0.3) is 0 Å². The number of carbonyl (C=O) groups is 1. The largest absolute Gasteiger partial charge is 0.496 e. The van der Waals surface area contributed by atoms with Crippen molar-refractivity contribution < 1.29 is 14.3 Å². The fraction of sp³-hybridized carbons (Fsp3) is 0.500. The SMILES string of the molecule is COC1=C(Br)C(=O)OC1C. The number of ether oxygens (including phenoxy) is 2. The van der Waals surface area contributed by atoms with Crippen molar-refractivity contribution in [1.29, 1.82) is 0 Å². The lowest BCUT2D eigenvalue weighted by atomic mass is 10.3. The first-order valence-electron chi connectivity index (χ1n) is 2.81. The van der Waals surface area contributed by atoms with E-state index in [9.17, 15) is 4.79 Å². The van der Waals surface area contributed by atoms with Crippen LogP contribution in [0, 0.1) is 0 Å². The average molecular weight is 207 g/mol. The summed E-state index contributed by atoms with van der Waals surface area (Å²) >= 11 is 3.05. The van der Waals surface area contributed by atoms with E-state index in [4.69, 9.17) is 9.47 Å². The molecular formula is C6H7BrO3. The van der Waals surface area contributed by atoms with Crippen LogP contribution in [0.1, 0.15) is 6.92 Å². The van der Waals surface area contributed by atoms with Crippen LogP contribution in [0.3, 0.4) is 0 Å². The van der Waals surface area contributed by atoms with Crippen molar-refractivity contribution in [2.24, 2.45) is 0 Å². The van der Waals surface area contributed by atoms with E-state index in [-0.39, 0.29) is 12.1 Å². The van der Waals surface area contributed by atoms with Gasteiger partial charge >= 0.3 is 5.97 Å². The third-order valence-corrected chi connectivity index (χ3v) is 1.98. The van der Waals surface area contributed by atoms with E-state index in [1.807, 2.05) is 0 Å². The van der Waals surface area contributed by atoms with Crippen molar-refractivity contribution in [3.63, 3.8) is 0 Å². The summed E-state index contributed by atoms with van der Waals surface area (Å²) in [5.41, 5.74) is 0. The Morgan fingerprint density at radius 2 is 2.30 bits per heavy atom. The highest BCUT2D eigenvalue weighted by atomic mass is 79.9. The van der Waals surface area contributed by atoms with Gasteiger partial charge in [0.15, 0.2) is 11.9 Å². The molecule has 0 aromatic rings. The molecule has 56 valence electrons. The van der Waals surface area contributed by atoms with Crippen LogP contribution in [0.2, 0.25) is 0 Å². The molecule has 1 unspecified atom stereocenters. The average Bonchev–Trinajstić information content (AvgIpc) is 2.09. The molecule has 0 N–H and O–H groups in total. The summed E-state index contributed by atoms with van der Waals surface area (Å²) in [5.74, 6) is 0.203. The second-order valence-corrected chi connectivity index (χ2v) is 2.72. The predicted molar refractivity (Wildman–Crippen MR) is 38.5 cm³/mol. The van der Waals surface area contributed by atoms with Crippen LogP contribution in [0.15, 0.2) is 10.2 Å². The Morgan fingerprint density at radius 3 is 2.50 bits per heavy atom. The molecule has 4 heteroatoms. The molecule has 1 atom stereocenters. The molecule has 1 aliphatic heterocycles. The molecule has 0 aromatic heterocycles. The molecule has 0 spiro atoms. The van der Waals surface area contributed by atoms with Crippen molar-refractivity contribution in [3.05, 3.63) is 10.2 Å². The van der Waals surface area contributed by atoms with Gasteiger partial charge in [-0.15, -0.1) is 0 Å². The van der Waals surface area contributed by atoms with Crippen LogP contribution in [0.4, 0.5) is 0 Å². The minimum atomic E-state index is -0.357. The zero-order valence-corrected chi connectivity index (χ0v) is 7.27. The van der Waals surface area contributed by atoms with E-state index in [0.717, 1.165) is 0 Å². The summed E-state index contributed by atoms with van der Waals surface area (Å²) in [6.45, 7) is 1.75. The molecule has 3 nitrogen and oxygen atoms in total. The van der Waals surface area contributed by atoms with Crippen LogP contribution >= 0.6 is 15.9 Å². The molecule has 0 saturated carbocycles. The molecule has 10 heavy (non-hydrogen) atoms. The van der Waals surface area contributed by atoms with Crippen molar-refractivity contribution in [2.75, 3.05) is 7.11 Å². The molecule has 0 aliphatic carbocycles. The van der Waals surface area contributed by atoms with Crippen LogP contribution < -0.4 is 0 Å². The van der Waals surface area contributed by atoms with Crippen molar-refractivity contribution in [1.82, 2.24) is 0 Å². The van der Waals surface area contributed by atoms with Crippen LogP contribution in [0.5, 0.6) is 0 Å². The van der Waals surface area contributed by atoms with Gasteiger partial charge in [-0.1, -0.05) is 0 Å². The first-order chi connectivity index (χ1) is 4.66. The number of cyclic esters (lactones) is 1. The zero-order valence-electron chi connectivity index (χ0n) is 5.68. The highest BCUT2D eigenvalue weighted by molar-refractivity contribution is 9.12. The number of methoxy groups -OCH3 is 1. The smallest absolute Gasteiger partial charge is 0.349 e. The summed E-state index contributed by atoms with van der Waals surface area (Å²) in [6, 6.07) is 0. The van der Waals surface area contributed by atoms with Gasteiger partial charge in [-0.3, -0.25) is 0 Å². The molecule has 0 radical (unpaired) electrons. The Kier molecular flexibility index (Phi) is 1.99. The normalized spacial score (nSPS) is 25.1. The van der Waals surface area contributed by atoms with Crippen molar-refractivity contribution >= 4 is 21.9 Å². The van der Waals surface area contributed by atoms with Crippen molar-refractivity contribution in [3.8, 4) is 0 Å². The van der Waals surface area contributed by atoms with Crippen LogP contribution in [-0.4, -0.2) is 19.2 Å². The Labute approximate surface area is 67.1 Å². The molecule has 0 bridgehead atoms. The Bertz CT molecular complexity index is 197. The fourth-order valence-corrected chi connectivity index (χ4v) is 1.38. The highest BCUT2D eigenvalue weighted by Gasteiger charge is 2.30. The van der Waals surface area contributed by atoms with Crippen LogP contribution in [-0.2, 0) is 14.3 Å². The second-order valence-electron chi connectivity index (χ2n) is 1.93. The molecule has 0 amide bonds. The summed E-state index contributed by atoms with van der Waals surface area (Å²) in [6.07, 6.45) is -0.258. The predicted octanol–water partition coefficient (Wildman–Crippen LogP) is 1.18. The molecule has 0 saturated heterocycles. The maximum atomic E-state index is 10.7. The first kappa shape index (κ1) is 7.60. The number of carbonyl (C=O) groups excluding carboxylic acids is 1. The minimum Gasteiger partial charge on any atom is -0.496 e. The lowest BCUT2D eigenvalue weighted by Crippen LogP contribution is -2.06. The fourth-order valence-electron chi connectivity index (χ4n) is 0.800. The number of hydrogen-bond donors (Lipinski definition) is 0. The maximum Gasteiger partial charge on any atom is 0.349 e. The van der Waals surface area contributed by atoms with Gasteiger partial charge in [0.05, 0.1) is 7.11 Å². The highest BCUT2D eigenvalue weighted by Crippen LogP contribution is 2.26. The lowest BCUT2D eigenvalue weighted by Gasteiger charge is -2.04. The molecule has 1 rings (SSSR count). The number of halogens is 1. The first-order valence-corrected chi connectivity index (χ1v) is 3.60. The monoisotopic (exact) mass is 206 g/mol. The number of hydrogen-bond acceptors (Lipinski definition) is 3. The summed E-state index contributed by atoms with van der Waals surface area (Å²) in [7, 11) is 1.51. The Hall–Kier alpha value is -0.510. The van der Waals surface area contributed by atoms with E-state index < -0.39 is 0 Å². The third-order valence-electron chi connectivity index (χ3n) is 1.27. The quantitative estimate of drug-likeness (QED) is 0.605. The number of esters is 1. The van der Waals surface area contributed by atoms with Gasteiger partial charge in [-0.2, -0.15) is 0 Å². The topological polar surface area (TPSA) is 35.5 Å². The molecule has 1 heterocycles. The molecule has 1 aliphatic rings. The Morgan fingerprint density at radius 1 is 1.70 bits per heavy atom. The summed E-state index contributed by atoms with van der Waals surface area (Å²) < 4.78 is 10.1. The number of rotatable bonds is 1. The second kappa shape index (κ2) is 2.62. The third kappa shape index (κ3) is 1.03. The van der Waals surface area contributed by atoms with E-state index in [1.54, 1.807) is 6.92 Å². The van der Waals surface area contributed by atoms with E-state index in [2.05, 4.69) is 15.9 Å². The lowest BCUT2D eigenvalue weighted by molar-refractivity contribution is -0.138. The van der Waals surface area contributed by atoms with E-state index >= 15 is 0 Å². The standard InChI is InChI=1S/C6H7BrO3/c1-3-5(9-2)4(7)6(8)10-3/h3H,1-2H3. The zero-order chi connectivity index (χ0) is 7.72. The van der Waals surface area contributed by atoms with Gasteiger partial charge < -0.3 is 9.47 Å². The van der Waals surface area contributed by atoms with Gasteiger partial charge in [0.2, 0.25) is 0 Å². The molecular weight excluding hydrogens is 200 g/mol. The van der Waals surface area contributed by atoms with Gasteiger partial charge in [-0.05, 0) is 22.9 Å².